The molecular weight excluding hydrogens is 278 g/mol. The molecule has 1 aromatic heterocycles. The van der Waals surface area contributed by atoms with Crippen molar-refractivity contribution in [2.24, 2.45) is 0 Å². The highest BCUT2D eigenvalue weighted by atomic mass is 79.9. The first-order valence-corrected chi connectivity index (χ1v) is 6.44. The van der Waals surface area contributed by atoms with E-state index in [0.29, 0.717) is 6.04 Å². The van der Waals surface area contributed by atoms with Gasteiger partial charge < -0.3 is 5.32 Å². The van der Waals surface area contributed by atoms with Crippen molar-refractivity contribution in [3.8, 4) is 0 Å². The number of aromatic nitrogens is 2. The number of nitrogens with one attached hydrogen (secondary N) is 2. The van der Waals surface area contributed by atoms with Crippen molar-refractivity contribution in [2.75, 3.05) is 0 Å². The molecule has 0 aliphatic rings. The third-order valence-corrected chi connectivity index (χ3v) is 3.63. The first-order valence-electron chi connectivity index (χ1n) is 5.65. The number of aromatic amines is 1. The maximum absolute atomic E-state index is 4.02. The van der Waals surface area contributed by atoms with Crippen LogP contribution < -0.4 is 5.32 Å². The molecule has 0 radical (unpaired) electrons. The molecule has 0 spiro atoms. The molecule has 0 saturated carbocycles. The molecule has 2 aromatic rings. The van der Waals surface area contributed by atoms with Gasteiger partial charge in [0.1, 0.15) is 0 Å². The van der Waals surface area contributed by atoms with Crippen molar-refractivity contribution < 1.29 is 0 Å². The van der Waals surface area contributed by atoms with Crippen LogP contribution in [0.2, 0.25) is 0 Å². The smallest absolute Gasteiger partial charge is 0.0535 e. The number of rotatable bonds is 4. The summed E-state index contributed by atoms with van der Waals surface area (Å²) >= 11 is 3.57. The van der Waals surface area contributed by atoms with Crippen LogP contribution in [0.15, 0.2) is 34.9 Å². The highest BCUT2D eigenvalue weighted by Gasteiger charge is 2.09. The summed E-state index contributed by atoms with van der Waals surface area (Å²) < 4.78 is 1.14. The molecule has 1 heterocycles. The Hall–Kier alpha value is -1.13. The van der Waals surface area contributed by atoms with E-state index in [-0.39, 0.29) is 0 Å². The molecule has 0 amide bonds. The number of hydrogen-bond acceptors (Lipinski definition) is 2. The van der Waals surface area contributed by atoms with Gasteiger partial charge in [-0.1, -0.05) is 34.1 Å². The average molecular weight is 294 g/mol. The van der Waals surface area contributed by atoms with Crippen molar-refractivity contribution in [1.82, 2.24) is 15.5 Å². The Morgan fingerprint density at radius 2 is 2.18 bits per heavy atom. The summed E-state index contributed by atoms with van der Waals surface area (Å²) in [7, 11) is 0. The number of nitrogens with zero attached hydrogens (tertiary/aromatic N) is 1. The fourth-order valence-corrected chi connectivity index (χ4v) is 2.38. The molecule has 0 aliphatic heterocycles. The van der Waals surface area contributed by atoms with E-state index >= 15 is 0 Å². The Balaban J connectivity index is 2.01. The van der Waals surface area contributed by atoms with E-state index < -0.39 is 0 Å². The Morgan fingerprint density at radius 3 is 2.82 bits per heavy atom. The Labute approximate surface area is 110 Å². The minimum Gasteiger partial charge on any atom is -0.306 e. The Morgan fingerprint density at radius 1 is 1.41 bits per heavy atom. The number of H-pyrrole nitrogens is 1. The quantitative estimate of drug-likeness (QED) is 0.908. The summed E-state index contributed by atoms with van der Waals surface area (Å²) in [4.78, 5) is 0. The normalized spacial score (nSPS) is 12.6. The Bertz CT molecular complexity index is 493. The van der Waals surface area contributed by atoms with Crippen molar-refractivity contribution >= 4 is 15.9 Å². The fourth-order valence-electron chi connectivity index (χ4n) is 1.75. The fraction of sp³-hybridized carbons (Fsp3) is 0.308. The minimum atomic E-state index is 0.305. The molecule has 3 nitrogen and oxygen atoms in total. The summed E-state index contributed by atoms with van der Waals surface area (Å²) in [6.45, 7) is 5.02. The third kappa shape index (κ3) is 2.96. The van der Waals surface area contributed by atoms with Gasteiger partial charge in [-0.3, -0.25) is 5.10 Å². The molecule has 0 unspecified atom stereocenters. The van der Waals surface area contributed by atoms with E-state index in [9.17, 15) is 0 Å². The second-order valence-electron chi connectivity index (χ2n) is 4.14. The first kappa shape index (κ1) is 12.3. The summed E-state index contributed by atoms with van der Waals surface area (Å²) in [6.07, 6.45) is 1.87. The van der Waals surface area contributed by atoms with Gasteiger partial charge in [0.25, 0.3) is 0 Å². The van der Waals surface area contributed by atoms with E-state index in [1.54, 1.807) is 0 Å². The van der Waals surface area contributed by atoms with Gasteiger partial charge >= 0.3 is 0 Å². The molecule has 17 heavy (non-hydrogen) atoms. The predicted octanol–water partition coefficient (Wildman–Crippen LogP) is 3.33. The zero-order valence-electron chi connectivity index (χ0n) is 10.00. The van der Waals surface area contributed by atoms with Crippen LogP contribution in [0.1, 0.15) is 29.8 Å². The predicted molar refractivity (Wildman–Crippen MR) is 72.7 cm³/mol. The van der Waals surface area contributed by atoms with Crippen molar-refractivity contribution in [2.45, 2.75) is 26.4 Å². The molecule has 90 valence electrons. The molecule has 0 saturated heterocycles. The maximum Gasteiger partial charge on any atom is 0.0535 e. The van der Waals surface area contributed by atoms with Crippen molar-refractivity contribution in [3.63, 3.8) is 0 Å². The van der Waals surface area contributed by atoms with Gasteiger partial charge in [-0.05, 0) is 25.5 Å². The van der Waals surface area contributed by atoms with Crippen LogP contribution in [0.5, 0.6) is 0 Å². The van der Waals surface area contributed by atoms with Crippen LogP contribution in [0.4, 0.5) is 0 Å². The molecule has 4 heteroatoms. The summed E-state index contributed by atoms with van der Waals surface area (Å²) in [6, 6.07) is 8.59. The minimum absolute atomic E-state index is 0.305. The average Bonchev–Trinajstić information content (AvgIpc) is 2.72. The summed E-state index contributed by atoms with van der Waals surface area (Å²) in [5, 5.41) is 10.5. The van der Waals surface area contributed by atoms with Crippen molar-refractivity contribution in [1.29, 1.82) is 0 Å². The number of benzene rings is 1. The highest BCUT2D eigenvalue weighted by Crippen LogP contribution is 2.23. The van der Waals surface area contributed by atoms with Crippen LogP contribution in [-0.4, -0.2) is 10.2 Å². The molecule has 2 N–H and O–H groups in total. The topological polar surface area (TPSA) is 40.7 Å². The van der Waals surface area contributed by atoms with Gasteiger partial charge in [-0.2, -0.15) is 5.10 Å². The van der Waals surface area contributed by atoms with Gasteiger partial charge in [0.15, 0.2) is 0 Å². The monoisotopic (exact) mass is 293 g/mol. The van der Waals surface area contributed by atoms with E-state index in [1.165, 1.54) is 11.1 Å². The van der Waals surface area contributed by atoms with Gasteiger partial charge in [0, 0.05) is 28.3 Å². The molecule has 0 fully saturated rings. The zero-order valence-corrected chi connectivity index (χ0v) is 11.6. The van der Waals surface area contributed by atoms with Gasteiger partial charge in [0.05, 0.1) is 6.20 Å². The largest absolute Gasteiger partial charge is 0.306 e. The lowest BCUT2D eigenvalue weighted by atomic mass is 10.1. The standard InChI is InChI=1S/C13H16BrN3/c1-9-11(8-16-17-9)7-15-10(2)12-5-3-4-6-13(12)14/h3-6,8,10,15H,7H2,1-2H3,(H,16,17)/t10-/m0/s1. The van der Waals surface area contributed by atoms with E-state index in [1.807, 2.05) is 19.2 Å². The molecule has 1 aromatic carbocycles. The van der Waals surface area contributed by atoms with Crippen LogP contribution >= 0.6 is 15.9 Å². The molecule has 0 aliphatic carbocycles. The van der Waals surface area contributed by atoms with Gasteiger partial charge in [0.2, 0.25) is 0 Å². The molecule has 1 atom stereocenters. The first-order chi connectivity index (χ1) is 8.18. The highest BCUT2D eigenvalue weighted by molar-refractivity contribution is 9.10. The second kappa shape index (κ2) is 5.47. The SMILES string of the molecule is Cc1[nH]ncc1CN[C@@H](C)c1ccccc1Br. The van der Waals surface area contributed by atoms with E-state index in [0.717, 1.165) is 16.7 Å². The number of halogens is 1. The van der Waals surface area contributed by atoms with Gasteiger partial charge in [-0.25, -0.2) is 0 Å². The number of hydrogen-bond donors (Lipinski definition) is 2. The van der Waals surface area contributed by atoms with Gasteiger partial charge in [-0.15, -0.1) is 0 Å². The summed E-state index contributed by atoms with van der Waals surface area (Å²) in [5.74, 6) is 0. The van der Waals surface area contributed by atoms with Crippen LogP contribution in [0.25, 0.3) is 0 Å². The van der Waals surface area contributed by atoms with Crippen molar-refractivity contribution in [3.05, 3.63) is 51.8 Å². The molecule has 2 rings (SSSR count). The maximum atomic E-state index is 4.02. The van der Waals surface area contributed by atoms with E-state index in [2.05, 4.69) is 56.6 Å². The lowest BCUT2D eigenvalue weighted by Gasteiger charge is -2.15. The molecule has 0 bridgehead atoms. The van der Waals surface area contributed by atoms with Crippen LogP contribution in [0, 0.1) is 6.92 Å². The molecular formula is C13H16BrN3. The second-order valence-corrected chi connectivity index (χ2v) is 5.00. The van der Waals surface area contributed by atoms with E-state index in [4.69, 9.17) is 0 Å². The third-order valence-electron chi connectivity index (χ3n) is 2.90. The van der Waals surface area contributed by atoms with Crippen LogP contribution in [-0.2, 0) is 6.54 Å². The summed E-state index contributed by atoms with van der Waals surface area (Å²) in [5.41, 5.74) is 3.61. The zero-order chi connectivity index (χ0) is 12.3. The lowest BCUT2D eigenvalue weighted by molar-refractivity contribution is 0.571. The number of aryl methyl sites for hydroxylation is 1. The lowest BCUT2D eigenvalue weighted by Crippen LogP contribution is -2.18. The van der Waals surface area contributed by atoms with Crippen LogP contribution in [0.3, 0.4) is 0 Å². The Kier molecular flexibility index (Phi) is 3.97.